The van der Waals surface area contributed by atoms with E-state index in [1.54, 1.807) is 0 Å². The van der Waals surface area contributed by atoms with Gasteiger partial charge < -0.3 is 10.4 Å². The summed E-state index contributed by atoms with van der Waals surface area (Å²) in [6.07, 6.45) is 5.07. The van der Waals surface area contributed by atoms with Crippen molar-refractivity contribution >= 4 is 27.6 Å². The van der Waals surface area contributed by atoms with Crippen LogP contribution in [0.25, 0.3) is 0 Å². The molecule has 19 heavy (non-hydrogen) atoms. The van der Waals surface area contributed by atoms with Crippen molar-refractivity contribution in [1.29, 1.82) is 0 Å². The second-order valence-electron chi connectivity index (χ2n) is 5.04. The molecule has 1 aliphatic carbocycles. The number of rotatable bonds is 3. The minimum absolute atomic E-state index is 0.421. The summed E-state index contributed by atoms with van der Waals surface area (Å²) >= 11 is 3.57. The molecule has 0 aromatic heterocycles. The minimum Gasteiger partial charge on any atom is -0.478 e. The van der Waals surface area contributed by atoms with Gasteiger partial charge in [0, 0.05) is 22.3 Å². The monoisotopic (exact) mass is 323 g/mol. The maximum absolute atomic E-state index is 10.6. The summed E-state index contributed by atoms with van der Waals surface area (Å²) < 4.78 is 1.08. The smallest absolute Gasteiger partial charge is 0.328 e. The molecular weight excluding hydrogens is 306 g/mol. The van der Waals surface area contributed by atoms with Crippen LogP contribution in [0.1, 0.15) is 31.2 Å². The van der Waals surface area contributed by atoms with Gasteiger partial charge in [-0.1, -0.05) is 11.6 Å². The van der Waals surface area contributed by atoms with Crippen LogP contribution < -0.4 is 5.32 Å². The van der Waals surface area contributed by atoms with Crippen LogP contribution in [0.2, 0.25) is 0 Å². The van der Waals surface area contributed by atoms with E-state index >= 15 is 0 Å². The summed E-state index contributed by atoms with van der Waals surface area (Å²) in [6.45, 7) is 2.07. The van der Waals surface area contributed by atoms with Crippen LogP contribution in [0, 0.1) is 6.92 Å². The number of aryl methyl sites for hydroxylation is 1. The van der Waals surface area contributed by atoms with Gasteiger partial charge in [0.05, 0.1) is 0 Å². The predicted molar refractivity (Wildman–Crippen MR) is 80.5 cm³/mol. The normalized spacial score (nSPS) is 19.1. The van der Waals surface area contributed by atoms with Crippen LogP contribution >= 0.6 is 15.9 Å². The first kappa shape index (κ1) is 14.1. The fourth-order valence-electron chi connectivity index (χ4n) is 2.41. The Bertz CT molecular complexity index is 501. The molecule has 0 spiro atoms. The van der Waals surface area contributed by atoms with Gasteiger partial charge in [0.2, 0.25) is 0 Å². The molecule has 0 unspecified atom stereocenters. The molecule has 1 aromatic carbocycles. The first-order valence-electron chi connectivity index (χ1n) is 6.49. The average Bonchev–Trinajstić information content (AvgIpc) is 2.34. The fraction of sp³-hybridized carbons (Fsp3) is 0.400. The molecule has 1 aromatic rings. The molecule has 0 heterocycles. The van der Waals surface area contributed by atoms with Crippen LogP contribution in [0.4, 0.5) is 5.69 Å². The quantitative estimate of drug-likeness (QED) is 0.822. The molecule has 3 nitrogen and oxygen atoms in total. The summed E-state index contributed by atoms with van der Waals surface area (Å²) in [7, 11) is 0. The number of nitrogens with one attached hydrogen (secondary N) is 1. The number of hydrogen-bond acceptors (Lipinski definition) is 2. The lowest BCUT2D eigenvalue weighted by Crippen LogP contribution is -2.23. The Morgan fingerprint density at radius 3 is 2.68 bits per heavy atom. The highest BCUT2D eigenvalue weighted by atomic mass is 79.9. The topological polar surface area (TPSA) is 49.3 Å². The number of aliphatic carboxylic acids is 1. The van der Waals surface area contributed by atoms with E-state index in [0.29, 0.717) is 6.04 Å². The molecule has 0 bridgehead atoms. The van der Waals surface area contributed by atoms with Crippen molar-refractivity contribution in [3.63, 3.8) is 0 Å². The third kappa shape index (κ3) is 4.10. The van der Waals surface area contributed by atoms with Gasteiger partial charge in [0.25, 0.3) is 0 Å². The molecule has 0 aliphatic heterocycles. The highest BCUT2D eigenvalue weighted by Crippen LogP contribution is 2.29. The molecule has 2 N–H and O–H groups in total. The zero-order valence-corrected chi connectivity index (χ0v) is 12.5. The summed E-state index contributed by atoms with van der Waals surface area (Å²) in [4.78, 5) is 10.6. The van der Waals surface area contributed by atoms with E-state index in [9.17, 15) is 4.79 Å². The highest BCUT2D eigenvalue weighted by Gasteiger charge is 2.17. The van der Waals surface area contributed by atoms with Crippen molar-refractivity contribution in [2.45, 2.75) is 38.6 Å². The molecule has 4 heteroatoms. The van der Waals surface area contributed by atoms with Crippen molar-refractivity contribution in [2.24, 2.45) is 0 Å². The van der Waals surface area contributed by atoms with Crippen molar-refractivity contribution in [2.75, 3.05) is 5.32 Å². The Labute approximate surface area is 121 Å². The van der Waals surface area contributed by atoms with E-state index in [2.05, 4.69) is 46.4 Å². The molecule has 0 saturated heterocycles. The van der Waals surface area contributed by atoms with Crippen molar-refractivity contribution in [1.82, 2.24) is 0 Å². The minimum atomic E-state index is -0.831. The summed E-state index contributed by atoms with van der Waals surface area (Å²) in [5, 5.41) is 12.3. The average molecular weight is 324 g/mol. The fourth-order valence-corrected chi connectivity index (χ4v) is 3.02. The molecule has 1 aliphatic rings. The standard InChI is InChI=1S/C15H18BrNO2/c1-10-2-7-14(13(16)8-10)17-12-5-3-11(4-6-12)9-15(18)19/h2,7-9,12,17H,3-6H2,1H3,(H,18,19). The lowest BCUT2D eigenvalue weighted by Gasteiger charge is -2.26. The van der Waals surface area contributed by atoms with Crippen LogP contribution in [0.15, 0.2) is 34.3 Å². The first-order chi connectivity index (χ1) is 9.04. The predicted octanol–water partition coefficient (Wildman–Crippen LogP) is 4.12. The summed E-state index contributed by atoms with van der Waals surface area (Å²) in [5.41, 5.74) is 3.39. The maximum Gasteiger partial charge on any atom is 0.328 e. The van der Waals surface area contributed by atoms with Crippen molar-refractivity contribution in [3.8, 4) is 0 Å². The number of halogens is 1. The maximum atomic E-state index is 10.6. The van der Waals surface area contributed by atoms with Crippen LogP contribution in [0.3, 0.4) is 0 Å². The number of hydrogen-bond donors (Lipinski definition) is 2. The van der Waals surface area contributed by atoms with Crippen LogP contribution in [0.5, 0.6) is 0 Å². The third-order valence-electron chi connectivity index (χ3n) is 3.44. The van der Waals surface area contributed by atoms with E-state index in [-0.39, 0.29) is 0 Å². The lowest BCUT2D eigenvalue weighted by molar-refractivity contribution is -0.131. The van der Waals surface area contributed by atoms with Crippen LogP contribution in [-0.2, 0) is 4.79 Å². The number of carboxylic acids is 1. The van der Waals surface area contributed by atoms with Gasteiger partial charge in [-0.25, -0.2) is 4.79 Å². The molecule has 0 radical (unpaired) electrons. The van der Waals surface area contributed by atoms with Crippen molar-refractivity contribution in [3.05, 3.63) is 39.9 Å². The Hall–Kier alpha value is -1.29. The van der Waals surface area contributed by atoms with E-state index in [0.717, 1.165) is 41.4 Å². The van der Waals surface area contributed by atoms with Gasteiger partial charge in [-0.2, -0.15) is 0 Å². The molecule has 1 saturated carbocycles. The summed E-state index contributed by atoms with van der Waals surface area (Å²) in [6, 6.07) is 6.69. The third-order valence-corrected chi connectivity index (χ3v) is 4.10. The molecule has 1 fully saturated rings. The van der Waals surface area contributed by atoms with E-state index in [1.807, 2.05) is 0 Å². The highest BCUT2D eigenvalue weighted by molar-refractivity contribution is 9.10. The van der Waals surface area contributed by atoms with Gasteiger partial charge in [-0.15, -0.1) is 0 Å². The second kappa shape index (κ2) is 6.24. The largest absolute Gasteiger partial charge is 0.478 e. The van der Waals surface area contributed by atoms with E-state index in [1.165, 1.54) is 11.6 Å². The van der Waals surface area contributed by atoms with E-state index < -0.39 is 5.97 Å². The number of allylic oxidation sites excluding steroid dienone is 1. The Morgan fingerprint density at radius 2 is 2.11 bits per heavy atom. The SMILES string of the molecule is Cc1ccc(NC2CCC(=CC(=O)O)CC2)c(Br)c1. The van der Waals surface area contributed by atoms with Gasteiger partial charge in [0.15, 0.2) is 0 Å². The number of benzene rings is 1. The van der Waals surface area contributed by atoms with E-state index in [4.69, 9.17) is 5.11 Å². The Morgan fingerprint density at radius 1 is 1.42 bits per heavy atom. The zero-order valence-electron chi connectivity index (χ0n) is 10.9. The number of carbonyl (C=O) groups is 1. The van der Waals surface area contributed by atoms with Gasteiger partial charge in [-0.05, 0) is 66.2 Å². The molecular formula is C15H18BrNO2. The summed E-state index contributed by atoms with van der Waals surface area (Å²) in [5.74, 6) is -0.831. The molecule has 2 rings (SSSR count). The van der Waals surface area contributed by atoms with Gasteiger partial charge >= 0.3 is 5.97 Å². The number of carboxylic acid groups (broad SMARTS) is 1. The van der Waals surface area contributed by atoms with Crippen molar-refractivity contribution < 1.29 is 9.90 Å². The molecule has 102 valence electrons. The second-order valence-corrected chi connectivity index (χ2v) is 5.90. The lowest BCUT2D eigenvalue weighted by atomic mass is 9.90. The Kier molecular flexibility index (Phi) is 4.64. The van der Waals surface area contributed by atoms with Gasteiger partial charge in [0.1, 0.15) is 0 Å². The zero-order chi connectivity index (χ0) is 13.8. The number of anilines is 1. The first-order valence-corrected chi connectivity index (χ1v) is 7.29. The Balaban J connectivity index is 1.94. The van der Waals surface area contributed by atoms with Crippen LogP contribution in [-0.4, -0.2) is 17.1 Å². The molecule has 0 atom stereocenters. The molecule has 0 amide bonds. The van der Waals surface area contributed by atoms with Gasteiger partial charge in [-0.3, -0.25) is 0 Å².